The molecule has 0 aliphatic carbocycles. The highest BCUT2D eigenvalue weighted by Crippen LogP contribution is 2.21. The number of nitrogens with one attached hydrogen (secondary N) is 2. The molecular formula is C21H23N3O6. The number of hydrazone groups is 1. The Morgan fingerprint density at radius 3 is 2.57 bits per heavy atom. The predicted octanol–water partition coefficient (Wildman–Crippen LogP) is 1.57. The van der Waals surface area contributed by atoms with Gasteiger partial charge in [-0.1, -0.05) is 30.3 Å². The summed E-state index contributed by atoms with van der Waals surface area (Å²) in [5, 5.41) is 15.6. The summed E-state index contributed by atoms with van der Waals surface area (Å²) in [7, 11) is 1.54. The number of benzene rings is 2. The van der Waals surface area contributed by atoms with Crippen LogP contribution in [0.2, 0.25) is 0 Å². The molecule has 0 aliphatic rings. The van der Waals surface area contributed by atoms with E-state index in [0.717, 1.165) is 5.56 Å². The van der Waals surface area contributed by atoms with Gasteiger partial charge in [0.25, 0.3) is 0 Å². The molecule has 9 nitrogen and oxygen atoms in total. The van der Waals surface area contributed by atoms with Gasteiger partial charge in [0, 0.05) is 20.3 Å². The molecule has 2 aromatic rings. The van der Waals surface area contributed by atoms with Gasteiger partial charge in [0.15, 0.2) is 0 Å². The largest absolute Gasteiger partial charge is 0.488 e. The molecule has 158 valence electrons. The third kappa shape index (κ3) is 7.36. The molecule has 0 saturated heterocycles. The lowest BCUT2D eigenvalue weighted by atomic mass is 10.1. The van der Waals surface area contributed by atoms with E-state index in [9.17, 15) is 19.5 Å². The Morgan fingerprint density at radius 1 is 1.10 bits per heavy atom. The first kappa shape index (κ1) is 22.6. The molecule has 0 radical (unpaired) electrons. The van der Waals surface area contributed by atoms with Crippen molar-refractivity contribution < 1.29 is 29.0 Å². The number of hydrogen-bond donors (Lipinski definition) is 3. The second kappa shape index (κ2) is 12.0. The SMILES string of the molecule is COCCCNC(=O)C(=O)N/N=C\c1ccc(OCc2ccccc2)c(C(=O)O)c1. The summed E-state index contributed by atoms with van der Waals surface area (Å²) in [6, 6.07) is 13.8. The lowest BCUT2D eigenvalue weighted by molar-refractivity contribution is -0.139. The first-order valence-corrected chi connectivity index (χ1v) is 9.15. The van der Waals surface area contributed by atoms with Crippen molar-refractivity contribution in [1.82, 2.24) is 10.7 Å². The number of rotatable bonds is 10. The van der Waals surface area contributed by atoms with Crippen molar-refractivity contribution in [3.05, 3.63) is 65.2 Å². The second-order valence-electron chi connectivity index (χ2n) is 6.14. The number of methoxy groups -OCH3 is 1. The van der Waals surface area contributed by atoms with Crippen LogP contribution in [-0.4, -0.2) is 49.4 Å². The van der Waals surface area contributed by atoms with E-state index in [0.29, 0.717) is 25.1 Å². The van der Waals surface area contributed by atoms with Crippen LogP contribution in [0.25, 0.3) is 0 Å². The molecule has 0 bridgehead atoms. The van der Waals surface area contributed by atoms with Gasteiger partial charge in [0.2, 0.25) is 0 Å². The van der Waals surface area contributed by atoms with Gasteiger partial charge in [-0.25, -0.2) is 10.2 Å². The van der Waals surface area contributed by atoms with Gasteiger partial charge in [-0.3, -0.25) is 9.59 Å². The number of hydrogen-bond acceptors (Lipinski definition) is 6. The lowest BCUT2D eigenvalue weighted by Gasteiger charge is -2.10. The Labute approximate surface area is 173 Å². The van der Waals surface area contributed by atoms with Crippen molar-refractivity contribution >= 4 is 24.0 Å². The molecule has 0 fully saturated rings. The number of ether oxygens (including phenoxy) is 2. The average molecular weight is 413 g/mol. The summed E-state index contributed by atoms with van der Waals surface area (Å²) in [5.41, 5.74) is 3.37. The van der Waals surface area contributed by atoms with Gasteiger partial charge in [0.05, 0.1) is 6.21 Å². The van der Waals surface area contributed by atoms with Gasteiger partial charge < -0.3 is 19.9 Å². The van der Waals surface area contributed by atoms with Crippen LogP contribution in [0.3, 0.4) is 0 Å². The smallest absolute Gasteiger partial charge is 0.339 e. The maximum atomic E-state index is 11.7. The molecular weight excluding hydrogens is 390 g/mol. The van der Waals surface area contributed by atoms with Gasteiger partial charge in [0.1, 0.15) is 17.9 Å². The van der Waals surface area contributed by atoms with Gasteiger partial charge >= 0.3 is 17.8 Å². The van der Waals surface area contributed by atoms with E-state index in [1.54, 1.807) is 13.2 Å². The zero-order valence-electron chi connectivity index (χ0n) is 16.5. The molecule has 9 heteroatoms. The number of carbonyl (C=O) groups excluding carboxylic acids is 2. The topological polar surface area (TPSA) is 126 Å². The first-order chi connectivity index (χ1) is 14.5. The van der Waals surface area contributed by atoms with Crippen molar-refractivity contribution in [1.29, 1.82) is 0 Å². The van der Waals surface area contributed by atoms with Crippen molar-refractivity contribution in [2.24, 2.45) is 5.10 Å². The van der Waals surface area contributed by atoms with Crippen molar-refractivity contribution in [3.8, 4) is 5.75 Å². The monoisotopic (exact) mass is 413 g/mol. The molecule has 0 aliphatic heterocycles. The molecule has 2 aromatic carbocycles. The van der Waals surface area contributed by atoms with Crippen LogP contribution in [0.5, 0.6) is 5.75 Å². The normalized spacial score (nSPS) is 10.6. The van der Waals surface area contributed by atoms with Crippen LogP contribution < -0.4 is 15.5 Å². The van der Waals surface area contributed by atoms with E-state index in [2.05, 4.69) is 15.8 Å². The summed E-state index contributed by atoms with van der Waals surface area (Å²) in [5.74, 6) is -2.69. The molecule has 0 spiro atoms. The van der Waals surface area contributed by atoms with Crippen molar-refractivity contribution in [2.75, 3.05) is 20.3 Å². The van der Waals surface area contributed by atoms with Crippen LogP contribution in [-0.2, 0) is 20.9 Å². The van der Waals surface area contributed by atoms with E-state index < -0.39 is 17.8 Å². The second-order valence-corrected chi connectivity index (χ2v) is 6.14. The van der Waals surface area contributed by atoms with Crippen molar-refractivity contribution in [2.45, 2.75) is 13.0 Å². The summed E-state index contributed by atoms with van der Waals surface area (Å²) in [6.07, 6.45) is 1.82. The maximum absolute atomic E-state index is 11.7. The summed E-state index contributed by atoms with van der Waals surface area (Å²) >= 11 is 0. The minimum atomic E-state index is -1.16. The number of carboxylic acids is 1. The Kier molecular flexibility index (Phi) is 9.01. The van der Waals surface area contributed by atoms with E-state index in [1.165, 1.54) is 18.3 Å². The molecule has 0 aromatic heterocycles. The van der Waals surface area contributed by atoms with E-state index >= 15 is 0 Å². The highest BCUT2D eigenvalue weighted by Gasteiger charge is 2.13. The Bertz CT molecular complexity index is 899. The Hall–Kier alpha value is -3.72. The number of carbonyl (C=O) groups is 3. The number of nitrogens with zero attached hydrogens (tertiary/aromatic N) is 1. The Morgan fingerprint density at radius 2 is 1.87 bits per heavy atom. The fourth-order valence-electron chi connectivity index (χ4n) is 2.37. The molecule has 2 amide bonds. The molecule has 0 saturated carbocycles. The Balaban J connectivity index is 1.94. The highest BCUT2D eigenvalue weighted by atomic mass is 16.5. The zero-order chi connectivity index (χ0) is 21.8. The number of carboxylic acid groups (broad SMARTS) is 1. The first-order valence-electron chi connectivity index (χ1n) is 9.15. The van der Waals surface area contributed by atoms with E-state index in [1.807, 2.05) is 30.3 Å². The zero-order valence-corrected chi connectivity index (χ0v) is 16.5. The third-order valence-electron chi connectivity index (χ3n) is 3.87. The highest BCUT2D eigenvalue weighted by molar-refractivity contribution is 6.35. The van der Waals surface area contributed by atoms with Gasteiger partial charge in [-0.05, 0) is 35.7 Å². The molecule has 0 heterocycles. The van der Waals surface area contributed by atoms with Crippen LogP contribution in [0.1, 0.15) is 27.9 Å². The fourth-order valence-corrected chi connectivity index (χ4v) is 2.37. The average Bonchev–Trinajstić information content (AvgIpc) is 2.76. The van der Waals surface area contributed by atoms with Gasteiger partial charge in [-0.2, -0.15) is 5.10 Å². The number of aromatic carboxylic acids is 1. The standard InChI is InChI=1S/C21H23N3O6/c1-29-11-5-10-22-19(25)20(26)24-23-13-16-8-9-18(17(12-16)21(27)28)30-14-15-6-3-2-4-7-15/h2-4,6-9,12-13H,5,10-11,14H2,1H3,(H,22,25)(H,24,26)(H,27,28)/b23-13-. The molecule has 0 unspecified atom stereocenters. The van der Waals surface area contributed by atoms with E-state index in [-0.39, 0.29) is 17.9 Å². The summed E-state index contributed by atoms with van der Waals surface area (Å²) in [4.78, 5) is 34.8. The minimum Gasteiger partial charge on any atom is -0.488 e. The molecule has 3 N–H and O–H groups in total. The van der Waals surface area contributed by atoms with Crippen LogP contribution in [0, 0.1) is 0 Å². The molecule has 0 atom stereocenters. The van der Waals surface area contributed by atoms with Crippen LogP contribution in [0.15, 0.2) is 53.6 Å². The predicted molar refractivity (Wildman–Crippen MR) is 109 cm³/mol. The van der Waals surface area contributed by atoms with Gasteiger partial charge in [-0.15, -0.1) is 0 Å². The van der Waals surface area contributed by atoms with Crippen LogP contribution in [0.4, 0.5) is 0 Å². The van der Waals surface area contributed by atoms with Crippen molar-refractivity contribution in [3.63, 3.8) is 0 Å². The maximum Gasteiger partial charge on any atom is 0.339 e. The summed E-state index contributed by atoms with van der Waals surface area (Å²) in [6.45, 7) is 0.997. The summed E-state index contributed by atoms with van der Waals surface area (Å²) < 4.78 is 10.5. The molecule has 2 rings (SSSR count). The van der Waals surface area contributed by atoms with E-state index in [4.69, 9.17) is 9.47 Å². The lowest BCUT2D eigenvalue weighted by Crippen LogP contribution is -2.38. The molecule has 30 heavy (non-hydrogen) atoms. The minimum absolute atomic E-state index is 0.0444. The number of amides is 2. The third-order valence-corrected chi connectivity index (χ3v) is 3.87. The quantitative estimate of drug-likeness (QED) is 0.235. The fraction of sp³-hybridized carbons (Fsp3) is 0.238. The van der Waals surface area contributed by atoms with Crippen LogP contribution >= 0.6 is 0 Å².